The van der Waals surface area contributed by atoms with E-state index in [1.54, 1.807) is 4.57 Å². The minimum Gasteiger partial charge on any atom is -0.370 e. The summed E-state index contributed by atoms with van der Waals surface area (Å²) >= 11 is 6.96. The summed E-state index contributed by atoms with van der Waals surface area (Å²) in [5.74, 6) is 0. The molecule has 3 heterocycles. The Bertz CT molecular complexity index is 985. The molecule has 0 spiro atoms. The maximum atomic E-state index is 12.9. The first kappa shape index (κ1) is 16.7. The molecule has 1 aliphatic heterocycles. The minimum absolute atomic E-state index is 0.0126. The lowest BCUT2D eigenvalue weighted by Crippen LogP contribution is -3.14. The zero-order valence-corrected chi connectivity index (χ0v) is 15.4. The van der Waals surface area contributed by atoms with Gasteiger partial charge in [0, 0.05) is 4.88 Å². The fourth-order valence-corrected chi connectivity index (χ4v) is 4.52. The molecule has 5 nitrogen and oxygen atoms in total. The number of ether oxygens (including phenoxy) is 1. The van der Waals surface area contributed by atoms with Crippen LogP contribution in [0.4, 0.5) is 0 Å². The molecule has 1 fully saturated rings. The molecule has 25 heavy (non-hydrogen) atoms. The highest BCUT2D eigenvalue weighted by Crippen LogP contribution is 2.30. The lowest BCUT2D eigenvalue weighted by molar-refractivity contribution is -0.908. The molecule has 0 amide bonds. The monoisotopic (exact) mass is 374 g/mol. The van der Waals surface area contributed by atoms with E-state index in [1.165, 1.54) is 16.2 Å². The Morgan fingerprint density at radius 3 is 2.76 bits per heavy atom. The maximum absolute atomic E-state index is 12.9. The number of benzene rings is 1. The number of aromatic amines is 1. The Kier molecular flexibility index (Phi) is 4.80. The lowest BCUT2D eigenvalue weighted by atomic mass is 10.2. The highest BCUT2D eigenvalue weighted by atomic mass is 32.1. The first-order valence-electron chi connectivity index (χ1n) is 8.46. The van der Waals surface area contributed by atoms with Gasteiger partial charge in [0.1, 0.15) is 17.8 Å². The van der Waals surface area contributed by atoms with E-state index in [2.05, 4.69) is 17.1 Å². The van der Waals surface area contributed by atoms with Crippen LogP contribution in [-0.2, 0) is 11.3 Å². The molecule has 130 valence electrons. The van der Waals surface area contributed by atoms with Crippen molar-refractivity contribution in [2.24, 2.45) is 0 Å². The maximum Gasteiger partial charge on any atom is 0.272 e. The number of aromatic nitrogens is 2. The van der Waals surface area contributed by atoms with Crippen molar-refractivity contribution < 1.29 is 9.64 Å². The molecule has 3 aromatic rings. The van der Waals surface area contributed by atoms with Gasteiger partial charge in [-0.2, -0.15) is 0 Å². The molecule has 0 radical (unpaired) electrons. The highest BCUT2D eigenvalue weighted by Gasteiger charge is 2.16. The van der Waals surface area contributed by atoms with Crippen LogP contribution in [0, 0.1) is 4.77 Å². The quantitative estimate of drug-likeness (QED) is 0.684. The number of quaternary nitrogens is 1. The van der Waals surface area contributed by atoms with Crippen LogP contribution < -0.4 is 10.5 Å². The van der Waals surface area contributed by atoms with Crippen LogP contribution in [-0.4, -0.2) is 42.4 Å². The Morgan fingerprint density at radius 2 is 2.00 bits per heavy atom. The second-order valence-corrected chi connectivity index (χ2v) is 7.66. The van der Waals surface area contributed by atoms with Crippen molar-refractivity contribution >= 4 is 33.8 Å². The topological polar surface area (TPSA) is 51.5 Å². The molecule has 0 unspecified atom stereocenters. The first-order valence-corrected chi connectivity index (χ1v) is 9.68. The van der Waals surface area contributed by atoms with Gasteiger partial charge in [-0.15, -0.1) is 11.3 Å². The molecule has 7 heteroatoms. The summed E-state index contributed by atoms with van der Waals surface area (Å²) in [5.41, 5.74) is 1.96. The Morgan fingerprint density at radius 1 is 1.24 bits per heavy atom. The van der Waals surface area contributed by atoms with E-state index in [1.807, 2.05) is 24.3 Å². The van der Waals surface area contributed by atoms with Crippen LogP contribution in [0.2, 0.25) is 0 Å². The number of rotatable bonds is 4. The SMILES string of the molecule is O=c1c2sc(-c3ccccc3)cc2[nH]c(=S)n1CC[NH+]1CCOCC1. The molecule has 0 saturated carbocycles. The van der Waals surface area contributed by atoms with E-state index in [4.69, 9.17) is 17.0 Å². The summed E-state index contributed by atoms with van der Waals surface area (Å²) < 4.78 is 8.33. The number of morpholine rings is 1. The number of fused-ring (bicyclic) bond motifs is 1. The Labute approximate surface area is 154 Å². The van der Waals surface area contributed by atoms with Gasteiger partial charge in [0.2, 0.25) is 0 Å². The molecular formula is C18H20N3O2S2+. The molecule has 2 aromatic heterocycles. The average molecular weight is 375 g/mol. The van der Waals surface area contributed by atoms with Crippen LogP contribution in [0.15, 0.2) is 41.2 Å². The van der Waals surface area contributed by atoms with Gasteiger partial charge in [0.25, 0.3) is 5.56 Å². The van der Waals surface area contributed by atoms with E-state index in [0.717, 1.165) is 53.5 Å². The van der Waals surface area contributed by atoms with Crippen molar-refractivity contribution in [1.82, 2.24) is 9.55 Å². The van der Waals surface area contributed by atoms with E-state index < -0.39 is 0 Å². The highest BCUT2D eigenvalue weighted by molar-refractivity contribution is 7.71. The molecule has 0 aliphatic carbocycles. The van der Waals surface area contributed by atoms with Gasteiger partial charge in [-0.25, -0.2) is 0 Å². The zero-order valence-electron chi connectivity index (χ0n) is 13.8. The molecule has 0 atom stereocenters. The summed E-state index contributed by atoms with van der Waals surface area (Å²) in [7, 11) is 0. The third-order valence-electron chi connectivity index (χ3n) is 4.61. The normalized spacial score (nSPS) is 15.7. The summed E-state index contributed by atoms with van der Waals surface area (Å²) in [5, 5.41) is 0. The van der Waals surface area contributed by atoms with Gasteiger partial charge in [0.15, 0.2) is 4.77 Å². The van der Waals surface area contributed by atoms with Crippen molar-refractivity contribution in [3.05, 3.63) is 51.5 Å². The van der Waals surface area contributed by atoms with Gasteiger partial charge in [0.05, 0.1) is 31.8 Å². The fourth-order valence-electron chi connectivity index (χ4n) is 3.17. The summed E-state index contributed by atoms with van der Waals surface area (Å²) in [6.45, 7) is 5.10. The van der Waals surface area contributed by atoms with Crippen LogP contribution >= 0.6 is 23.6 Å². The summed E-state index contributed by atoms with van der Waals surface area (Å²) in [4.78, 5) is 18.7. The van der Waals surface area contributed by atoms with Gasteiger partial charge in [-0.3, -0.25) is 9.36 Å². The van der Waals surface area contributed by atoms with Crippen LogP contribution in [0.3, 0.4) is 0 Å². The predicted molar refractivity (Wildman–Crippen MR) is 103 cm³/mol. The number of H-pyrrole nitrogens is 1. The van der Waals surface area contributed by atoms with E-state index in [-0.39, 0.29) is 5.56 Å². The molecule has 4 rings (SSSR count). The second kappa shape index (κ2) is 7.21. The number of hydrogen-bond donors (Lipinski definition) is 2. The van der Waals surface area contributed by atoms with Gasteiger partial charge in [-0.1, -0.05) is 30.3 Å². The van der Waals surface area contributed by atoms with Crippen molar-refractivity contribution in [3.8, 4) is 10.4 Å². The van der Waals surface area contributed by atoms with Crippen molar-refractivity contribution in [2.75, 3.05) is 32.8 Å². The van der Waals surface area contributed by atoms with Gasteiger partial charge < -0.3 is 14.6 Å². The minimum atomic E-state index is 0.0126. The summed E-state index contributed by atoms with van der Waals surface area (Å²) in [6.07, 6.45) is 0. The van der Waals surface area contributed by atoms with Crippen LogP contribution in [0.5, 0.6) is 0 Å². The largest absolute Gasteiger partial charge is 0.370 e. The number of nitrogens with one attached hydrogen (secondary N) is 2. The Balaban J connectivity index is 1.66. The predicted octanol–water partition coefficient (Wildman–Crippen LogP) is 1.70. The van der Waals surface area contributed by atoms with Crippen LogP contribution in [0.1, 0.15) is 0 Å². The second-order valence-electron chi connectivity index (χ2n) is 6.22. The number of thiophene rings is 1. The van der Waals surface area contributed by atoms with Crippen LogP contribution in [0.25, 0.3) is 20.7 Å². The first-order chi connectivity index (χ1) is 12.2. The smallest absolute Gasteiger partial charge is 0.272 e. The standard InChI is InChI=1S/C18H19N3O2S2/c22-17-16-14(12-15(25-16)13-4-2-1-3-5-13)19-18(24)21(17)7-6-20-8-10-23-11-9-20/h1-5,12H,6-11H2,(H,19,24)/p+1. The van der Waals surface area contributed by atoms with Gasteiger partial charge >= 0.3 is 0 Å². The van der Waals surface area contributed by atoms with E-state index in [9.17, 15) is 4.79 Å². The molecule has 1 aromatic carbocycles. The third-order valence-corrected chi connectivity index (χ3v) is 6.10. The van der Waals surface area contributed by atoms with Crippen molar-refractivity contribution in [1.29, 1.82) is 0 Å². The third kappa shape index (κ3) is 3.46. The average Bonchev–Trinajstić information content (AvgIpc) is 3.07. The van der Waals surface area contributed by atoms with E-state index in [0.29, 0.717) is 11.3 Å². The van der Waals surface area contributed by atoms with Crippen molar-refractivity contribution in [2.45, 2.75) is 6.54 Å². The molecule has 0 bridgehead atoms. The molecule has 2 N–H and O–H groups in total. The lowest BCUT2D eigenvalue weighted by Gasteiger charge is -2.23. The molecule has 1 aliphatic rings. The summed E-state index contributed by atoms with van der Waals surface area (Å²) in [6, 6.07) is 12.1. The van der Waals surface area contributed by atoms with Crippen molar-refractivity contribution in [3.63, 3.8) is 0 Å². The molecule has 1 saturated heterocycles. The van der Waals surface area contributed by atoms with E-state index >= 15 is 0 Å². The number of hydrogen-bond acceptors (Lipinski definition) is 4. The zero-order chi connectivity index (χ0) is 17.2. The number of nitrogens with zero attached hydrogens (tertiary/aromatic N) is 1. The Hall–Kier alpha value is -1.80. The molecular weight excluding hydrogens is 354 g/mol. The fraction of sp³-hybridized carbons (Fsp3) is 0.333. The van der Waals surface area contributed by atoms with Gasteiger partial charge in [-0.05, 0) is 23.8 Å².